The van der Waals surface area contributed by atoms with E-state index in [1.54, 1.807) is 0 Å². The van der Waals surface area contributed by atoms with E-state index in [9.17, 15) is 9.59 Å². The second-order valence-electron chi connectivity index (χ2n) is 10.3. The maximum atomic E-state index is 13.4. The van der Waals surface area contributed by atoms with Gasteiger partial charge >= 0.3 is 6.03 Å². The topological polar surface area (TPSA) is 61.9 Å². The van der Waals surface area contributed by atoms with Gasteiger partial charge < -0.3 is 19.9 Å². The summed E-state index contributed by atoms with van der Waals surface area (Å²) in [5.41, 5.74) is 0.586. The van der Waals surface area contributed by atoms with E-state index in [1.807, 2.05) is 35.2 Å². The van der Waals surface area contributed by atoms with E-state index in [4.69, 9.17) is 4.74 Å². The Morgan fingerprint density at radius 1 is 0.938 bits per heavy atom. The van der Waals surface area contributed by atoms with E-state index in [-0.39, 0.29) is 23.6 Å². The van der Waals surface area contributed by atoms with Crippen molar-refractivity contribution in [2.45, 2.75) is 94.4 Å². The van der Waals surface area contributed by atoms with Gasteiger partial charge in [0.15, 0.2) is 0 Å². The molecule has 0 aromatic heterocycles. The Kier molecular flexibility index (Phi) is 6.40. The highest BCUT2D eigenvalue weighted by Crippen LogP contribution is 2.40. The van der Waals surface area contributed by atoms with Crippen molar-refractivity contribution in [3.8, 4) is 0 Å². The van der Waals surface area contributed by atoms with Crippen molar-refractivity contribution in [1.29, 1.82) is 0 Å². The first-order chi connectivity index (χ1) is 15.6. The summed E-state index contributed by atoms with van der Waals surface area (Å²) < 4.78 is 6.35. The highest BCUT2D eigenvalue weighted by Gasteiger charge is 2.46. The maximum absolute atomic E-state index is 13.4. The summed E-state index contributed by atoms with van der Waals surface area (Å²) in [5.74, 6) is 0.166. The molecule has 6 nitrogen and oxygen atoms in total. The number of benzene rings is 1. The monoisotopic (exact) mass is 439 g/mol. The lowest BCUT2D eigenvalue weighted by Crippen LogP contribution is -2.57. The Morgan fingerprint density at radius 2 is 1.66 bits per heavy atom. The van der Waals surface area contributed by atoms with Gasteiger partial charge in [-0.15, -0.1) is 0 Å². The molecule has 1 unspecified atom stereocenters. The van der Waals surface area contributed by atoms with E-state index in [0.29, 0.717) is 18.7 Å². The third-order valence-corrected chi connectivity index (χ3v) is 7.95. The van der Waals surface area contributed by atoms with Crippen LogP contribution in [0.1, 0.15) is 81.0 Å². The van der Waals surface area contributed by atoms with Gasteiger partial charge in [0.05, 0.1) is 5.60 Å². The summed E-state index contributed by atoms with van der Waals surface area (Å²) >= 11 is 0. The van der Waals surface area contributed by atoms with Crippen molar-refractivity contribution in [2.24, 2.45) is 0 Å². The van der Waals surface area contributed by atoms with Crippen molar-refractivity contribution in [3.63, 3.8) is 0 Å². The van der Waals surface area contributed by atoms with E-state index in [1.165, 1.54) is 19.3 Å². The van der Waals surface area contributed by atoms with Crippen LogP contribution in [0.25, 0.3) is 0 Å². The molecule has 1 spiro atoms. The standard InChI is InChI=1S/C26H37N3O3/c30-24(20-7-3-1-4-8-20)29(22-11-12-22)23-13-18-32-26(19-23)14-16-28(17-15-26)25(31)27-21-9-5-2-6-10-21/h1,3-4,7-8,21-23H,2,5-6,9-19H2,(H,27,31). The van der Waals surface area contributed by atoms with Crippen LogP contribution in [0, 0.1) is 0 Å². The molecule has 174 valence electrons. The second kappa shape index (κ2) is 9.42. The van der Waals surface area contributed by atoms with Crippen LogP contribution in [0.2, 0.25) is 0 Å². The smallest absolute Gasteiger partial charge is 0.317 e. The zero-order valence-corrected chi connectivity index (χ0v) is 19.1. The number of hydrogen-bond acceptors (Lipinski definition) is 3. The maximum Gasteiger partial charge on any atom is 0.317 e. The number of piperidine rings is 1. The molecule has 2 saturated heterocycles. The van der Waals surface area contributed by atoms with Gasteiger partial charge in [0, 0.05) is 43.4 Å². The van der Waals surface area contributed by atoms with Crippen LogP contribution in [0.5, 0.6) is 0 Å². The predicted molar refractivity (Wildman–Crippen MR) is 124 cm³/mol. The molecule has 2 heterocycles. The number of nitrogens with one attached hydrogen (secondary N) is 1. The molecule has 2 saturated carbocycles. The Morgan fingerprint density at radius 3 is 2.34 bits per heavy atom. The molecule has 0 bridgehead atoms. The molecule has 0 radical (unpaired) electrons. The SMILES string of the molecule is O=C(NC1CCCCC1)N1CCC2(CC1)CC(N(C(=O)c1ccccc1)C1CC1)CCO2. The first kappa shape index (κ1) is 21.7. The fraction of sp³-hybridized carbons (Fsp3) is 0.692. The lowest BCUT2D eigenvalue weighted by Gasteiger charge is -2.48. The third-order valence-electron chi connectivity index (χ3n) is 7.95. The number of ether oxygens (including phenoxy) is 1. The molecule has 1 aromatic carbocycles. The van der Waals surface area contributed by atoms with Gasteiger partial charge in [-0.25, -0.2) is 4.79 Å². The fourth-order valence-corrected chi connectivity index (χ4v) is 5.93. The second-order valence-corrected chi connectivity index (χ2v) is 10.3. The summed E-state index contributed by atoms with van der Waals surface area (Å²) in [7, 11) is 0. The van der Waals surface area contributed by atoms with Crippen LogP contribution >= 0.6 is 0 Å². The number of carbonyl (C=O) groups is 2. The molecule has 4 fully saturated rings. The summed E-state index contributed by atoms with van der Waals surface area (Å²) in [6.45, 7) is 2.17. The minimum absolute atomic E-state index is 0.0953. The van der Waals surface area contributed by atoms with Crippen LogP contribution in [0.4, 0.5) is 4.79 Å². The molecule has 2 aliphatic heterocycles. The molecule has 1 N–H and O–H groups in total. The van der Waals surface area contributed by atoms with Gasteiger partial charge in [0.2, 0.25) is 0 Å². The quantitative estimate of drug-likeness (QED) is 0.759. The van der Waals surface area contributed by atoms with Crippen LogP contribution < -0.4 is 5.32 Å². The summed E-state index contributed by atoms with van der Waals surface area (Å²) in [5, 5.41) is 3.26. The van der Waals surface area contributed by atoms with Gasteiger partial charge in [-0.05, 0) is 63.5 Å². The molecule has 32 heavy (non-hydrogen) atoms. The van der Waals surface area contributed by atoms with E-state index in [0.717, 1.165) is 70.0 Å². The van der Waals surface area contributed by atoms with Gasteiger partial charge in [-0.3, -0.25) is 4.79 Å². The molecule has 3 amide bonds. The molecule has 4 aliphatic rings. The molecule has 1 aromatic rings. The molecular weight excluding hydrogens is 402 g/mol. The van der Waals surface area contributed by atoms with Gasteiger partial charge in [0.1, 0.15) is 0 Å². The summed E-state index contributed by atoms with van der Waals surface area (Å²) in [4.78, 5) is 30.3. The number of nitrogens with zero attached hydrogens (tertiary/aromatic N) is 2. The largest absolute Gasteiger partial charge is 0.375 e. The van der Waals surface area contributed by atoms with Crippen LogP contribution in [-0.4, -0.2) is 65.2 Å². The van der Waals surface area contributed by atoms with Gasteiger partial charge in [0.25, 0.3) is 5.91 Å². The van der Waals surface area contributed by atoms with Crippen molar-refractivity contribution in [1.82, 2.24) is 15.1 Å². The minimum Gasteiger partial charge on any atom is -0.375 e. The Labute approximate surface area is 191 Å². The first-order valence-electron chi connectivity index (χ1n) is 12.7. The van der Waals surface area contributed by atoms with Crippen molar-refractivity contribution >= 4 is 11.9 Å². The zero-order valence-electron chi connectivity index (χ0n) is 19.1. The number of carbonyl (C=O) groups excluding carboxylic acids is 2. The van der Waals surface area contributed by atoms with Gasteiger partial charge in [-0.2, -0.15) is 0 Å². The highest BCUT2D eigenvalue weighted by molar-refractivity contribution is 5.94. The number of likely N-dealkylation sites (tertiary alicyclic amines) is 1. The predicted octanol–water partition coefficient (Wildman–Crippen LogP) is 4.35. The lowest BCUT2D eigenvalue weighted by molar-refractivity contribution is -0.126. The average Bonchev–Trinajstić information content (AvgIpc) is 3.66. The Balaban J connectivity index is 1.20. The number of rotatable bonds is 4. The molecule has 6 heteroatoms. The van der Waals surface area contributed by atoms with E-state index >= 15 is 0 Å². The Hall–Kier alpha value is -2.08. The zero-order chi connectivity index (χ0) is 22.0. The molecular formula is C26H37N3O3. The number of amides is 3. The fourth-order valence-electron chi connectivity index (χ4n) is 5.93. The van der Waals surface area contributed by atoms with Crippen LogP contribution in [0.3, 0.4) is 0 Å². The van der Waals surface area contributed by atoms with Crippen molar-refractivity contribution in [3.05, 3.63) is 35.9 Å². The van der Waals surface area contributed by atoms with Crippen molar-refractivity contribution in [2.75, 3.05) is 19.7 Å². The molecule has 1 atom stereocenters. The Bertz CT molecular complexity index is 796. The third kappa shape index (κ3) is 4.80. The van der Waals surface area contributed by atoms with Gasteiger partial charge in [-0.1, -0.05) is 37.5 Å². The van der Waals surface area contributed by atoms with E-state index < -0.39 is 0 Å². The van der Waals surface area contributed by atoms with Crippen LogP contribution in [0.15, 0.2) is 30.3 Å². The van der Waals surface area contributed by atoms with Crippen LogP contribution in [-0.2, 0) is 4.74 Å². The number of urea groups is 1. The molecule has 2 aliphatic carbocycles. The number of hydrogen-bond donors (Lipinski definition) is 1. The summed E-state index contributed by atoms with van der Waals surface area (Å²) in [6.07, 6.45) is 11.7. The molecule has 5 rings (SSSR count). The van der Waals surface area contributed by atoms with Crippen molar-refractivity contribution < 1.29 is 14.3 Å². The average molecular weight is 440 g/mol. The highest BCUT2D eigenvalue weighted by atomic mass is 16.5. The summed E-state index contributed by atoms with van der Waals surface area (Å²) in [6, 6.07) is 10.7. The lowest BCUT2D eigenvalue weighted by atomic mass is 9.81. The van der Waals surface area contributed by atoms with E-state index in [2.05, 4.69) is 10.2 Å². The minimum atomic E-state index is -0.200. The first-order valence-corrected chi connectivity index (χ1v) is 12.7. The normalized spacial score (nSPS) is 26.0.